The third kappa shape index (κ3) is 4.11. The molecule has 3 heteroatoms. The molecule has 0 radical (unpaired) electrons. The average molecular weight is 612 g/mol. The lowest BCUT2D eigenvalue weighted by Gasteiger charge is -2.12. The first-order chi connectivity index (χ1) is 23.8. The van der Waals surface area contributed by atoms with Crippen molar-refractivity contribution >= 4 is 43.6 Å². The summed E-state index contributed by atoms with van der Waals surface area (Å²) in [6.07, 6.45) is 0. The highest BCUT2D eigenvalue weighted by atomic mass is 15.1. The minimum Gasteiger partial charge on any atom is -0.309 e. The van der Waals surface area contributed by atoms with Gasteiger partial charge in [-0.15, -0.1) is 0 Å². The molecule has 0 aliphatic heterocycles. The largest absolute Gasteiger partial charge is 0.309 e. The monoisotopic (exact) mass is 611 g/mol. The molecule has 0 amide bonds. The van der Waals surface area contributed by atoms with Crippen LogP contribution in [0.1, 0.15) is 0 Å². The van der Waals surface area contributed by atoms with Crippen molar-refractivity contribution in [2.24, 2.45) is 0 Å². The second-order valence-corrected chi connectivity index (χ2v) is 12.5. The minimum atomic E-state index is 0.935. The van der Waals surface area contributed by atoms with Gasteiger partial charge in [0.2, 0.25) is 0 Å². The summed E-state index contributed by atoms with van der Waals surface area (Å²) >= 11 is 0. The van der Waals surface area contributed by atoms with E-state index in [4.69, 9.17) is 4.98 Å². The Hall–Kier alpha value is -6.45. The van der Waals surface area contributed by atoms with E-state index in [0.29, 0.717) is 0 Å². The van der Waals surface area contributed by atoms with Crippen LogP contribution in [0.15, 0.2) is 176 Å². The molecule has 0 saturated carbocycles. The summed E-state index contributed by atoms with van der Waals surface area (Å²) in [6.45, 7) is 0. The van der Waals surface area contributed by atoms with Crippen molar-refractivity contribution < 1.29 is 0 Å². The maximum atomic E-state index is 5.12. The van der Waals surface area contributed by atoms with Crippen LogP contribution in [-0.4, -0.2) is 14.1 Å². The van der Waals surface area contributed by atoms with Crippen LogP contribution in [0.3, 0.4) is 0 Å². The van der Waals surface area contributed by atoms with Crippen molar-refractivity contribution in [3.63, 3.8) is 0 Å². The Balaban J connectivity index is 1.12. The topological polar surface area (TPSA) is 22.8 Å². The van der Waals surface area contributed by atoms with Gasteiger partial charge in [0.05, 0.1) is 22.1 Å². The molecule has 8 aromatic carbocycles. The molecule has 0 bridgehead atoms. The van der Waals surface area contributed by atoms with Crippen LogP contribution >= 0.6 is 0 Å². The summed E-state index contributed by atoms with van der Waals surface area (Å²) in [5.41, 5.74) is 12.6. The summed E-state index contributed by atoms with van der Waals surface area (Å²) in [5, 5.41) is 5.18. The van der Waals surface area contributed by atoms with Crippen LogP contribution in [0, 0.1) is 0 Å². The zero-order valence-corrected chi connectivity index (χ0v) is 26.1. The van der Waals surface area contributed by atoms with E-state index in [2.05, 4.69) is 185 Å². The Morgan fingerprint density at radius 2 is 0.896 bits per heavy atom. The van der Waals surface area contributed by atoms with E-state index in [1.807, 2.05) is 0 Å². The molecule has 2 aromatic heterocycles. The molecule has 0 aliphatic carbocycles. The molecular weight excluding hydrogens is 583 g/mol. The van der Waals surface area contributed by atoms with Crippen molar-refractivity contribution in [2.45, 2.75) is 0 Å². The fourth-order valence-electron chi connectivity index (χ4n) is 7.49. The van der Waals surface area contributed by atoms with E-state index in [1.54, 1.807) is 0 Å². The fourth-order valence-corrected chi connectivity index (χ4v) is 7.49. The van der Waals surface area contributed by atoms with E-state index < -0.39 is 0 Å². The number of fused-ring (bicyclic) bond motifs is 1. The van der Waals surface area contributed by atoms with Crippen molar-refractivity contribution in [2.75, 3.05) is 0 Å². The Morgan fingerprint density at radius 1 is 0.333 bits per heavy atom. The Kier molecular flexibility index (Phi) is 5.87. The summed E-state index contributed by atoms with van der Waals surface area (Å²) < 4.78 is 4.68. The van der Waals surface area contributed by atoms with Gasteiger partial charge in [-0.3, -0.25) is 4.57 Å². The van der Waals surface area contributed by atoms with Crippen molar-refractivity contribution in [3.05, 3.63) is 176 Å². The number of imidazole rings is 1. The predicted molar refractivity (Wildman–Crippen MR) is 200 cm³/mol. The molecule has 0 atom stereocenters. The molecule has 10 aromatic rings. The zero-order valence-electron chi connectivity index (χ0n) is 26.1. The number of rotatable bonds is 5. The van der Waals surface area contributed by atoms with Gasteiger partial charge in [0.15, 0.2) is 0 Å². The number of nitrogens with zero attached hydrogens (tertiary/aromatic N) is 3. The Morgan fingerprint density at radius 3 is 1.67 bits per heavy atom. The molecule has 0 N–H and O–H groups in total. The summed E-state index contributed by atoms with van der Waals surface area (Å²) in [4.78, 5) is 5.12. The Bertz CT molecular complexity index is 2770. The van der Waals surface area contributed by atoms with Gasteiger partial charge >= 0.3 is 0 Å². The first kappa shape index (κ1) is 26.7. The van der Waals surface area contributed by atoms with E-state index >= 15 is 0 Å². The van der Waals surface area contributed by atoms with Crippen LogP contribution in [0.2, 0.25) is 0 Å². The third-order valence-electron chi connectivity index (χ3n) is 9.64. The first-order valence-corrected chi connectivity index (χ1v) is 16.4. The lowest BCUT2D eigenvalue weighted by molar-refractivity contribution is 1.10. The molecule has 10 rings (SSSR count). The normalized spacial score (nSPS) is 11.8. The minimum absolute atomic E-state index is 0.935. The molecule has 48 heavy (non-hydrogen) atoms. The molecule has 0 saturated heterocycles. The van der Waals surface area contributed by atoms with Gasteiger partial charge in [0.1, 0.15) is 5.82 Å². The maximum Gasteiger partial charge on any atom is 0.145 e. The van der Waals surface area contributed by atoms with Gasteiger partial charge in [-0.25, -0.2) is 4.98 Å². The van der Waals surface area contributed by atoms with Crippen LogP contribution in [0.4, 0.5) is 0 Å². The van der Waals surface area contributed by atoms with E-state index in [1.165, 1.54) is 55.0 Å². The maximum absolute atomic E-state index is 5.12. The number of hydrogen-bond donors (Lipinski definition) is 0. The molecule has 0 aliphatic rings. The summed E-state index contributed by atoms with van der Waals surface area (Å²) in [6, 6.07) is 63.1. The second kappa shape index (κ2) is 10.5. The fraction of sp³-hybridized carbons (Fsp3) is 0. The lowest BCUT2D eigenvalue weighted by Crippen LogP contribution is -1.97. The SMILES string of the molecule is c1ccc(-n2c(-c3cccc(-c4cccc(-c5cc6ccc7cccc8c7c6c(c5)n8-c5ccccc5)c4)c3)nc3ccccc32)cc1. The highest BCUT2D eigenvalue weighted by Gasteiger charge is 2.19. The van der Waals surface area contributed by atoms with Crippen molar-refractivity contribution in [1.29, 1.82) is 0 Å². The van der Waals surface area contributed by atoms with Crippen LogP contribution < -0.4 is 0 Å². The highest BCUT2D eigenvalue weighted by molar-refractivity contribution is 6.25. The van der Waals surface area contributed by atoms with Gasteiger partial charge in [0, 0.05) is 27.7 Å². The Labute approximate surface area is 277 Å². The number of hydrogen-bond acceptors (Lipinski definition) is 1. The van der Waals surface area contributed by atoms with E-state index in [0.717, 1.165) is 33.7 Å². The highest BCUT2D eigenvalue weighted by Crippen LogP contribution is 2.41. The van der Waals surface area contributed by atoms with Gasteiger partial charge in [-0.2, -0.15) is 0 Å². The molecule has 224 valence electrons. The van der Waals surface area contributed by atoms with Gasteiger partial charge in [-0.1, -0.05) is 109 Å². The first-order valence-electron chi connectivity index (χ1n) is 16.4. The molecule has 3 nitrogen and oxygen atoms in total. The predicted octanol–water partition coefficient (Wildman–Crippen LogP) is 11.7. The number of para-hydroxylation sites is 4. The lowest BCUT2D eigenvalue weighted by atomic mass is 9.95. The summed E-state index contributed by atoms with van der Waals surface area (Å²) in [5.74, 6) is 0.935. The van der Waals surface area contributed by atoms with E-state index in [9.17, 15) is 0 Å². The smallest absolute Gasteiger partial charge is 0.145 e. The number of aromatic nitrogens is 3. The average Bonchev–Trinajstić information content (AvgIpc) is 3.72. The van der Waals surface area contributed by atoms with E-state index in [-0.39, 0.29) is 0 Å². The molecule has 0 spiro atoms. The molecule has 0 fully saturated rings. The molecular formula is C45H29N3. The molecule has 2 heterocycles. The standard InChI is InChI=1S/C45H29N3/c1-3-17-37(18-4-1)47-41-23-11-12-30-24-25-34-28-36(29-42(47)44(34)43(30)41)33-15-9-13-31(26-33)32-14-10-16-35(27-32)45-46-39-21-7-8-22-40(39)48(45)38-19-5-2-6-20-38/h1-29H. The quantitative estimate of drug-likeness (QED) is 0.178. The molecule has 0 unspecified atom stereocenters. The van der Waals surface area contributed by atoms with Gasteiger partial charge in [0.25, 0.3) is 0 Å². The van der Waals surface area contributed by atoms with Crippen LogP contribution in [-0.2, 0) is 0 Å². The third-order valence-corrected chi connectivity index (χ3v) is 9.64. The van der Waals surface area contributed by atoms with Crippen LogP contribution in [0.25, 0.3) is 88.6 Å². The number of benzene rings is 8. The van der Waals surface area contributed by atoms with Crippen molar-refractivity contribution in [3.8, 4) is 45.0 Å². The summed E-state index contributed by atoms with van der Waals surface area (Å²) in [7, 11) is 0. The van der Waals surface area contributed by atoms with Gasteiger partial charge in [-0.05, 0) is 99.8 Å². The zero-order chi connectivity index (χ0) is 31.6. The van der Waals surface area contributed by atoms with Gasteiger partial charge < -0.3 is 4.57 Å². The van der Waals surface area contributed by atoms with Crippen LogP contribution in [0.5, 0.6) is 0 Å². The van der Waals surface area contributed by atoms with Crippen molar-refractivity contribution in [1.82, 2.24) is 14.1 Å². The second-order valence-electron chi connectivity index (χ2n) is 12.5.